The fourth-order valence-electron chi connectivity index (χ4n) is 2.55. The minimum absolute atomic E-state index is 0.0766. The van der Waals surface area contributed by atoms with E-state index in [0.717, 1.165) is 18.8 Å². The van der Waals surface area contributed by atoms with E-state index in [-0.39, 0.29) is 5.41 Å². The molecule has 0 saturated carbocycles. The van der Waals surface area contributed by atoms with Crippen LogP contribution in [0.4, 0.5) is 0 Å². The summed E-state index contributed by atoms with van der Waals surface area (Å²) in [6.45, 7) is 7.43. The quantitative estimate of drug-likeness (QED) is 0.687. The fraction of sp³-hybridized carbons (Fsp3) is 0.400. The number of ether oxygens (including phenoxy) is 1. The number of nitrogens with zero attached hydrogens (tertiary/aromatic N) is 1. The van der Waals surface area contributed by atoms with Crippen molar-refractivity contribution in [3.8, 4) is 5.75 Å². The number of pyridine rings is 1. The highest BCUT2D eigenvalue weighted by atomic mass is 16.5. The van der Waals surface area contributed by atoms with Crippen molar-refractivity contribution in [3.05, 3.63) is 35.7 Å². The lowest BCUT2D eigenvalue weighted by Gasteiger charge is -2.20. The number of fused-ring (bicyclic) bond motifs is 3. The second-order valence-electron chi connectivity index (χ2n) is 5.65. The maximum atomic E-state index is 5.61. The first-order chi connectivity index (χ1) is 8.07. The van der Waals surface area contributed by atoms with Crippen molar-refractivity contribution in [1.82, 2.24) is 4.98 Å². The summed E-state index contributed by atoms with van der Waals surface area (Å²) in [5, 5.41) is 2.57. The third kappa shape index (κ3) is 1.59. The van der Waals surface area contributed by atoms with Gasteiger partial charge in [0, 0.05) is 29.0 Å². The Kier molecular flexibility index (Phi) is 2.15. The van der Waals surface area contributed by atoms with Gasteiger partial charge in [-0.2, -0.15) is 0 Å². The molecule has 0 N–H and O–H groups in total. The minimum atomic E-state index is 0.0766. The van der Waals surface area contributed by atoms with Gasteiger partial charge >= 0.3 is 0 Å². The third-order valence-electron chi connectivity index (χ3n) is 3.33. The molecule has 0 bridgehead atoms. The van der Waals surface area contributed by atoms with Crippen molar-refractivity contribution in [3.63, 3.8) is 0 Å². The van der Waals surface area contributed by atoms with E-state index in [1.54, 1.807) is 0 Å². The molecule has 2 nitrogen and oxygen atoms in total. The van der Waals surface area contributed by atoms with Crippen LogP contribution in [0.3, 0.4) is 0 Å². The first-order valence-corrected chi connectivity index (χ1v) is 6.11. The molecular weight excluding hydrogens is 210 g/mol. The molecule has 2 heteroatoms. The van der Waals surface area contributed by atoms with E-state index >= 15 is 0 Å². The van der Waals surface area contributed by atoms with Crippen LogP contribution in [0, 0.1) is 0 Å². The Labute approximate surface area is 102 Å². The smallest absolute Gasteiger partial charge is 0.123 e. The lowest BCUT2D eigenvalue weighted by Crippen LogP contribution is -2.14. The molecule has 0 radical (unpaired) electrons. The van der Waals surface area contributed by atoms with E-state index in [9.17, 15) is 0 Å². The zero-order valence-corrected chi connectivity index (χ0v) is 10.6. The van der Waals surface area contributed by atoms with Crippen LogP contribution in [0.15, 0.2) is 24.4 Å². The Morgan fingerprint density at radius 3 is 2.71 bits per heavy atom. The molecule has 0 spiro atoms. The molecule has 0 fully saturated rings. The minimum Gasteiger partial charge on any atom is -0.493 e. The summed E-state index contributed by atoms with van der Waals surface area (Å²) in [4.78, 5) is 4.56. The summed E-state index contributed by atoms with van der Waals surface area (Å²) < 4.78 is 5.61. The summed E-state index contributed by atoms with van der Waals surface area (Å²) in [6.07, 6.45) is 2.93. The number of rotatable bonds is 0. The van der Waals surface area contributed by atoms with Gasteiger partial charge < -0.3 is 4.74 Å². The lowest BCUT2D eigenvalue weighted by atomic mass is 9.87. The maximum absolute atomic E-state index is 5.61. The monoisotopic (exact) mass is 227 g/mol. The molecule has 0 aliphatic carbocycles. The zero-order chi connectivity index (χ0) is 12.0. The predicted molar refractivity (Wildman–Crippen MR) is 69.6 cm³/mol. The van der Waals surface area contributed by atoms with Gasteiger partial charge in [-0.3, -0.25) is 4.98 Å². The molecule has 1 aliphatic rings. The van der Waals surface area contributed by atoms with Crippen molar-refractivity contribution in [2.45, 2.75) is 32.6 Å². The topological polar surface area (TPSA) is 22.1 Å². The van der Waals surface area contributed by atoms with Gasteiger partial charge in [0.2, 0.25) is 0 Å². The van der Waals surface area contributed by atoms with Gasteiger partial charge in [-0.25, -0.2) is 0 Å². The Bertz CT molecular complexity index is 581. The summed E-state index contributed by atoms with van der Waals surface area (Å²) in [5.74, 6) is 1.04. The van der Waals surface area contributed by atoms with E-state index < -0.39 is 0 Å². The van der Waals surface area contributed by atoms with E-state index in [0.29, 0.717) is 0 Å². The van der Waals surface area contributed by atoms with Gasteiger partial charge in [-0.1, -0.05) is 20.8 Å². The van der Waals surface area contributed by atoms with E-state index in [2.05, 4.69) is 44.0 Å². The highest BCUT2D eigenvalue weighted by molar-refractivity contribution is 5.90. The highest BCUT2D eigenvalue weighted by Gasteiger charge is 2.21. The average Bonchev–Trinajstić information content (AvgIpc) is 2.75. The summed E-state index contributed by atoms with van der Waals surface area (Å²) >= 11 is 0. The number of hydrogen-bond donors (Lipinski definition) is 0. The second kappa shape index (κ2) is 3.46. The van der Waals surface area contributed by atoms with E-state index in [4.69, 9.17) is 4.74 Å². The van der Waals surface area contributed by atoms with Crippen LogP contribution in [0.25, 0.3) is 10.8 Å². The fourth-order valence-corrected chi connectivity index (χ4v) is 2.55. The lowest BCUT2D eigenvalue weighted by molar-refractivity contribution is 0.357. The number of benzene rings is 1. The molecule has 88 valence electrons. The molecule has 3 rings (SSSR count). The highest BCUT2D eigenvalue weighted by Crippen LogP contribution is 2.36. The van der Waals surface area contributed by atoms with E-state index in [1.807, 2.05) is 6.20 Å². The summed E-state index contributed by atoms with van der Waals surface area (Å²) in [7, 11) is 0. The van der Waals surface area contributed by atoms with Crippen molar-refractivity contribution in [1.29, 1.82) is 0 Å². The molecule has 0 saturated heterocycles. The van der Waals surface area contributed by atoms with Crippen molar-refractivity contribution in [2.24, 2.45) is 0 Å². The molecule has 17 heavy (non-hydrogen) atoms. The van der Waals surface area contributed by atoms with Gasteiger partial charge in [0.05, 0.1) is 12.3 Å². The summed E-state index contributed by atoms with van der Waals surface area (Å²) in [6, 6.07) is 6.34. The molecule has 1 aromatic heterocycles. The zero-order valence-electron chi connectivity index (χ0n) is 10.6. The molecular formula is C15H17NO. The average molecular weight is 227 g/mol. The van der Waals surface area contributed by atoms with Crippen molar-refractivity contribution < 1.29 is 4.74 Å². The number of aromatic nitrogens is 1. The third-order valence-corrected chi connectivity index (χ3v) is 3.33. The molecule has 1 aliphatic heterocycles. The Morgan fingerprint density at radius 2 is 1.94 bits per heavy atom. The SMILES string of the molecule is CC(C)(C)c1nccc2c3c(ccc12)OCC3. The van der Waals surface area contributed by atoms with Gasteiger partial charge in [0.25, 0.3) is 0 Å². The molecule has 0 atom stereocenters. The van der Waals surface area contributed by atoms with Crippen molar-refractivity contribution in [2.75, 3.05) is 6.61 Å². The molecule has 0 unspecified atom stereocenters. The maximum Gasteiger partial charge on any atom is 0.123 e. The van der Waals surface area contributed by atoms with Crippen LogP contribution < -0.4 is 4.74 Å². The molecule has 1 aromatic carbocycles. The Balaban J connectivity index is 2.35. The van der Waals surface area contributed by atoms with Crippen LogP contribution in [0.1, 0.15) is 32.0 Å². The van der Waals surface area contributed by atoms with Gasteiger partial charge in [0.1, 0.15) is 5.75 Å². The van der Waals surface area contributed by atoms with Crippen LogP contribution >= 0.6 is 0 Å². The largest absolute Gasteiger partial charge is 0.493 e. The van der Waals surface area contributed by atoms with Crippen LogP contribution in [-0.4, -0.2) is 11.6 Å². The predicted octanol–water partition coefficient (Wildman–Crippen LogP) is 3.47. The molecule has 2 aromatic rings. The van der Waals surface area contributed by atoms with Crippen LogP contribution in [0.5, 0.6) is 5.75 Å². The van der Waals surface area contributed by atoms with Crippen LogP contribution in [-0.2, 0) is 11.8 Å². The van der Waals surface area contributed by atoms with Gasteiger partial charge in [0.15, 0.2) is 0 Å². The normalized spacial score (nSPS) is 14.8. The first-order valence-electron chi connectivity index (χ1n) is 6.11. The van der Waals surface area contributed by atoms with Crippen LogP contribution in [0.2, 0.25) is 0 Å². The first kappa shape index (κ1) is 10.6. The molecule has 0 amide bonds. The molecule has 2 heterocycles. The Hall–Kier alpha value is -1.57. The number of hydrogen-bond acceptors (Lipinski definition) is 2. The van der Waals surface area contributed by atoms with Crippen molar-refractivity contribution >= 4 is 10.8 Å². The standard InChI is InChI=1S/C15H17NO/c1-15(2,3)14-12-4-5-13-11(7-9-17-13)10(12)6-8-16-14/h4-6,8H,7,9H2,1-3H3. The second-order valence-corrected chi connectivity index (χ2v) is 5.65. The van der Waals surface area contributed by atoms with Gasteiger partial charge in [-0.05, 0) is 23.6 Å². The van der Waals surface area contributed by atoms with E-state index in [1.165, 1.54) is 22.0 Å². The Morgan fingerprint density at radius 1 is 1.12 bits per heavy atom. The summed E-state index contributed by atoms with van der Waals surface area (Å²) in [5.41, 5.74) is 2.59. The van der Waals surface area contributed by atoms with Gasteiger partial charge in [-0.15, -0.1) is 0 Å².